The maximum absolute atomic E-state index is 13.7. The van der Waals surface area contributed by atoms with Crippen LogP contribution in [0.1, 0.15) is 62.2 Å². The van der Waals surface area contributed by atoms with E-state index < -0.39 is 47.7 Å². The number of carbonyl (C=O) groups excluding carboxylic acids is 1. The first-order valence-electron chi connectivity index (χ1n) is 14.9. The summed E-state index contributed by atoms with van der Waals surface area (Å²) in [5.74, 6) is -4.38. The maximum Gasteiger partial charge on any atom is 0.451 e. The molecule has 0 spiro atoms. The van der Waals surface area contributed by atoms with Gasteiger partial charge < -0.3 is 24.4 Å². The summed E-state index contributed by atoms with van der Waals surface area (Å²) < 4.78 is 87.8. The third-order valence-corrected chi connectivity index (χ3v) is 8.22. The predicted octanol–water partition coefficient (Wildman–Crippen LogP) is 6.43. The number of H-pyrrole nitrogens is 1. The second kappa shape index (κ2) is 11.9. The average Bonchev–Trinajstić information content (AvgIpc) is 3.36. The molecular formula is C30H30ClF6N9O2. The van der Waals surface area contributed by atoms with Crippen molar-refractivity contribution in [3.63, 3.8) is 0 Å². The van der Waals surface area contributed by atoms with E-state index in [1.165, 1.54) is 17.3 Å². The first-order valence-corrected chi connectivity index (χ1v) is 15.3. The molecule has 3 aromatic heterocycles. The summed E-state index contributed by atoms with van der Waals surface area (Å²) in [4.78, 5) is 39.3. The average molecular weight is 698 g/mol. The van der Waals surface area contributed by atoms with E-state index >= 15 is 0 Å². The van der Waals surface area contributed by atoms with E-state index in [0.29, 0.717) is 47.4 Å². The van der Waals surface area contributed by atoms with Gasteiger partial charge >= 0.3 is 18.4 Å². The Kier molecular flexibility index (Phi) is 8.32. The summed E-state index contributed by atoms with van der Waals surface area (Å²) in [5.41, 5.74) is 1.66. The van der Waals surface area contributed by atoms with E-state index in [0.717, 1.165) is 10.9 Å². The molecule has 1 N–H and O–H groups in total. The number of anilines is 2. The lowest BCUT2D eigenvalue weighted by Crippen LogP contribution is -2.55. The SMILES string of the molecule is C[C@@H]1CN(c2ncc(C3c4[nH]c5ccc(Cl)cc5c4CCN3c3nc(C(F)(F)F)nc(C(F)(F)F)n3)cn2)CCN1C(=O)OC(C)(C)C. The number of rotatable bonds is 3. The third-order valence-electron chi connectivity index (χ3n) is 7.99. The lowest BCUT2D eigenvalue weighted by atomic mass is 9.94. The van der Waals surface area contributed by atoms with Crippen LogP contribution in [0.3, 0.4) is 0 Å². The van der Waals surface area contributed by atoms with Gasteiger partial charge in [0.15, 0.2) is 0 Å². The van der Waals surface area contributed by atoms with Gasteiger partial charge in [-0.25, -0.2) is 19.7 Å². The topological polar surface area (TPSA) is 116 Å². The molecule has 4 aromatic rings. The van der Waals surface area contributed by atoms with E-state index in [9.17, 15) is 31.1 Å². The standard InChI is InChI=1S/C30H30ClF6N9O2/c1-15-14-44(9-10-45(15)27(47)48-28(2,3)4)25-38-12-16(13-39-25)22-21-18(19-11-17(31)5-6-20(19)40-21)7-8-46(22)26-42-23(29(32,33)34)41-24(43-26)30(35,36)37/h5-6,11-13,15,22,40H,7-10,14H2,1-4H3/t15-,22?/m1/s1. The van der Waals surface area contributed by atoms with Crippen molar-refractivity contribution in [2.45, 2.75) is 64.2 Å². The minimum Gasteiger partial charge on any atom is -0.444 e. The number of piperazine rings is 1. The van der Waals surface area contributed by atoms with Crippen LogP contribution in [0.25, 0.3) is 10.9 Å². The summed E-state index contributed by atoms with van der Waals surface area (Å²) in [6, 6.07) is 3.91. The summed E-state index contributed by atoms with van der Waals surface area (Å²) in [5, 5.41) is 1.22. The van der Waals surface area contributed by atoms with Crippen molar-refractivity contribution in [2.75, 3.05) is 36.0 Å². The van der Waals surface area contributed by atoms with Crippen LogP contribution < -0.4 is 9.80 Å². The first-order chi connectivity index (χ1) is 22.4. The molecule has 1 amide bonds. The summed E-state index contributed by atoms with van der Waals surface area (Å²) in [7, 11) is 0. The Hall–Kier alpha value is -4.41. The van der Waals surface area contributed by atoms with Crippen LogP contribution in [0.4, 0.5) is 43.0 Å². The van der Waals surface area contributed by atoms with Crippen LogP contribution in [0.5, 0.6) is 0 Å². The number of carbonyl (C=O) groups is 1. The molecule has 11 nitrogen and oxygen atoms in total. The number of alkyl halides is 6. The molecule has 1 unspecified atom stereocenters. The minimum absolute atomic E-state index is 0.0400. The van der Waals surface area contributed by atoms with E-state index in [1.807, 2.05) is 11.8 Å². The highest BCUT2D eigenvalue weighted by Crippen LogP contribution is 2.41. The zero-order valence-corrected chi connectivity index (χ0v) is 26.9. The fourth-order valence-electron chi connectivity index (χ4n) is 5.94. The highest BCUT2D eigenvalue weighted by Gasteiger charge is 2.44. The molecule has 0 radical (unpaired) electrons. The molecule has 0 saturated carbocycles. The maximum atomic E-state index is 13.7. The molecule has 2 aliphatic heterocycles. The number of halogens is 7. The van der Waals surface area contributed by atoms with Crippen molar-refractivity contribution in [3.05, 3.63) is 64.1 Å². The number of amides is 1. The highest BCUT2D eigenvalue weighted by molar-refractivity contribution is 6.31. The minimum atomic E-state index is -5.26. The van der Waals surface area contributed by atoms with E-state index in [1.54, 1.807) is 43.9 Å². The van der Waals surface area contributed by atoms with Crippen molar-refractivity contribution in [3.8, 4) is 0 Å². The smallest absolute Gasteiger partial charge is 0.444 e. The van der Waals surface area contributed by atoms with Gasteiger partial charge in [0.05, 0.1) is 0 Å². The number of nitrogens with one attached hydrogen (secondary N) is 1. The molecule has 1 fully saturated rings. The molecule has 1 aromatic carbocycles. The summed E-state index contributed by atoms with van der Waals surface area (Å²) in [6.45, 7) is 8.33. The molecule has 18 heteroatoms. The number of nitrogens with zero attached hydrogens (tertiary/aromatic N) is 8. The van der Waals surface area contributed by atoms with Gasteiger partial charge in [0.1, 0.15) is 11.6 Å². The molecule has 2 atom stereocenters. The quantitative estimate of drug-likeness (QED) is 0.242. The monoisotopic (exact) mass is 697 g/mol. The van der Waals surface area contributed by atoms with Crippen LogP contribution in [0.2, 0.25) is 5.02 Å². The Balaban J connectivity index is 1.37. The second-order valence-corrected chi connectivity index (χ2v) is 13.1. The second-order valence-electron chi connectivity index (χ2n) is 12.6. The largest absolute Gasteiger partial charge is 0.451 e. The zero-order chi connectivity index (χ0) is 34.8. The number of fused-ring (bicyclic) bond motifs is 3. The van der Waals surface area contributed by atoms with Gasteiger partial charge in [-0.3, -0.25) is 0 Å². The van der Waals surface area contributed by atoms with Crippen molar-refractivity contribution in [1.29, 1.82) is 0 Å². The van der Waals surface area contributed by atoms with Gasteiger partial charge in [-0.05, 0) is 57.9 Å². The van der Waals surface area contributed by atoms with Gasteiger partial charge in [-0.1, -0.05) is 11.6 Å². The van der Waals surface area contributed by atoms with E-state index in [4.69, 9.17) is 16.3 Å². The van der Waals surface area contributed by atoms with Crippen molar-refractivity contribution >= 4 is 40.5 Å². The van der Waals surface area contributed by atoms with E-state index in [2.05, 4.69) is 29.9 Å². The van der Waals surface area contributed by atoms with Crippen LogP contribution in [0.15, 0.2) is 30.6 Å². The van der Waals surface area contributed by atoms with Gasteiger partial charge in [0, 0.05) is 71.8 Å². The van der Waals surface area contributed by atoms with Crippen LogP contribution >= 0.6 is 11.6 Å². The van der Waals surface area contributed by atoms with Crippen LogP contribution in [-0.4, -0.2) is 78.7 Å². The molecule has 6 rings (SSSR count). The number of ether oxygens (including phenoxy) is 1. The summed E-state index contributed by atoms with van der Waals surface area (Å²) in [6.07, 6.45) is -7.79. The fraction of sp³-hybridized carbons (Fsp3) is 0.467. The number of aromatic nitrogens is 6. The Morgan fingerprint density at radius 2 is 1.58 bits per heavy atom. The fourth-order valence-corrected chi connectivity index (χ4v) is 6.11. The molecule has 0 aliphatic carbocycles. The summed E-state index contributed by atoms with van der Waals surface area (Å²) >= 11 is 6.25. The Bertz CT molecular complexity index is 1810. The molecule has 5 heterocycles. The van der Waals surface area contributed by atoms with Gasteiger partial charge in [-0.15, -0.1) is 0 Å². The Morgan fingerprint density at radius 3 is 2.17 bits per heavy atom. The third kappa shape index (κ3) is 6.64. The Labute approximate surface area is 275 Å². The van der Waals surface area contributed by atoms with Gasteiger partial charge in [0.2, 0.25) is 23.5 Å². The Morgan fingerprint density at radius 1 is 0.938 bits per heavy atom. The molecule has 0 bridgehead atoms. The number of hydrogen-bond acceptors (Lipinski definition) is 9. The lowest BCUT2D eigenvalue weighted by Gasteiger charge is -2.40. The molecular weight excluding hydrogens is 668 g/mol. The van der Waals surface area contributed by atoms with Crippen molar-refractivity contribution in [2.24, 2.45) is 0 Å². The van der Waals surface area contributed by atoms with Crippen molar-refractivity contribution < 1.29 is 35.9 Å². The predicted molar refractivity (Wildman–Crippen MR) is 163 cm³/mol. The molecule has 2 aliphatic rings. The van der Waals surface area contributed by atoms with Gasteiger partial charge in [-0.2, -0.15) is 36.3 Å². The van der Waals surface area contributed by atoms with Gasteiger partial charge in [0.25, 0.3) is 0 Å². The van der Waals surface area contributed by atoms with E-state index in [-0.39, 0.29) is 19.0 Å². The van der Waals surface area contributed by atoms with Crippen LogP contribution in [0, 0.1) is 0 Å². The number of aromatic amines is 1. The lowest BCUT2D eigenvalue weighted by molar-refractivity contribution is -0.155. The normalized spacial score (nSPS) is 19.1. The highest BCUT2D eigenvalue weighted by atomic mass is 35.5. The zero-order valence-electron chi connectivity index (χ0n) is 26.1. The van der Waals surface area contributed by atoms with Crippen molar-refractivity contribution in [1.82, 2.24) is 34.8 Å². The molecule has 1 saturated heterocycles. The number of hydrogen-bond donors (Lipinski definition) is 1. The number of benzene rings is 1. The molecule has 256 valence electrons. The van der Waals surface area contributed by atoms with Crippen LogP contribution in [-0.2, 0) is 23.5 Å². The molecule has 48 heavy (non-hydrogen) atoms. The first kappa shape index (κ1) is 33.5.